The Hall–Kier alpha value is -1.86. The summed E-state index contributed by atoms with van der Waals surface area (Å²) < 4.78 is 0. The standard InChI is InChI=1S/C15H18N2O2/c1-2-12-7-9-17(11-12)15(19)14-13(6-4-10-18)5-3-8-16-14/h3,5,8,12,18H,2,7,9-11H2,1H3. The van der Waals surface area contributed by atoms with E-state index < -0.39 is 0 Å². The molecule has 2 heterocycles. The van der Waals surface area contributed by atoms with Crippen molar-refractivity contribution in [1.29, 1.82) is 0 Å². The highest BCUT2D eigenvalue weighted by molar-refractivity contribution is 5.94. The minimum atomic E-state index is -0.218. The molecule has 1 aliphatic rings. The zero-order valence-corrected chi connectivity index (χ0v) is 11.1. The van der Waals surface area contributed by atoms with Crippen molar-refractivity contribution < 1.29 is 9.90 Å². The van der Waals surface area contributed by atoms with Gasteiger partial charge >= 0.3 is 0 Å². The molecule has 0 aliphatic carbocycles. The zero-order valence-electron chi connectivity index (χ0n) is 11.1. The fourth-order valence-electron chi connectivity index (χ4n) is 2.31. The van der Waals surface area contributed by atoms with Crippen LogP contribution in [0.25, 0.3) is 0 Å². The Kier molecular flexibility index (Phi) is 4.53. The fourth-order valence-corrected chi connectivity index (χ4v) is 2.31. The molecule has 19 heavy (non-hydrogen) atoms. The Labute approximate surface area is 113 Å². The van der Waals surface area contributed by atoms with E-state index in [-0.39, 0.29) is 12.5 Å². The average Bonchev–Trinajstić information content (AvgIpc) is 2.93. The molecule has 1 unspecified atom stereocenters. The molecule has 0 aromatic carbocycles. The largest absolute Gasteiger partial charge is 0.384 e. The second-order valence-electron chi connectivity index (χ2n) is 4.67. The molecule has 1 atom stereocenters. The molecule has 0 radical (unpaired) electrons. The highest BCUT2D eigenvalue weighted by Crippen LogP contribution is 2.21. The van der Waals surface area contributed by atoms with Gasteiger partial charge in [-0.05, 0) is 24.5 Å². The van der Waals surface area contributed by atoms with Crippen LogP contribution in [0.1, 0.15) is 35.8 Å². The lowest BCUT2D eigenvalue weighted by Crippen LogP contribution is -2.30. The fraction of sp³-hybridized carbons (Fsp3) is 0.467. The van der Waals surface area contributed by atoms with Gasteiger partial charge in [0.25, 0.3) is 5.91 Å². The van der Waals surface area contributed by atoms with Crippen LogP contribution in [0.4, 0.5) is 0 Å². The van der Waals surface area contributed by atoms with Crippen molar-refractivity contribution in [1.82, 2.24) is 9.88 Å². The van der Waals surface area contributed by atoms with Gasteiger partial charge in [-0.2, -0.15) is 0 Å². The van der Waals surface area contributed by atoms with E-state index in [2.05, 4.69) is 23.7 Å². The molecule has 0 saturated carbocycles. The van der Waals surface area contributed by atoms with E-state index in [1.54, 1.807) is 18.3 Å². The van der Waals surface area contributed by atoms with Crippen molar-refractivity contribution in [3.05, 3.63) is 29.6 Å². The first-order valence-electron chi connectivity index (χ1n) is 6.60. The first-order chi connectivity index (χ1) is 9.26. The van der Waals surface area contributed by atoms with Crippen LogP contribution in [0.15, 0.2) is 18.3 Å². The monoisotopic (exact) mass is 258 g/mol. The van der Waals surface area contributed by atoms with Crippen molar-refractivity contribution in [2.75, 3.05) is 19.7 Å². The minimum Gasteiger partial charge on any atom is -0.384 e. The van der Waals surface area contributed by atoms with E-state index in [1.807, 2.05) is 4.90 Å². The third kappa shape index (κ3) is 3.12. The summed E-state index contributed by atoms with van der Waals surface area (Å²) in [5.74, 6) is 5.89. The first-order valence-corrected chi connectivity index (χ1v) is 6.60. The van der Waals surface area contributed by atoms with Crippen molar-refractivity contribution in [2.45, 2.75) is 19.8 Å². The van der Waals surface area contributed by atoms with Crippen LogP contribution in [-0.2, 0) is 0 Å². The van der Waals surface area contributed by atoms with Crippen LogP contribution in [0, 0.1) is 17.8 Å². The van der Waals surface area contributed by atoms with Crippen LogP contribution >= 0.6 is 0 Å². The normalized spacial score (nSPS) is 18.0. The molecule has 0 bridgehead atoms. The molecule has 1 N–H and O–H groups in total. The van der Waals surface area contributed by atoms with Gasteiger partial charge in [0.05, 0.1) is 5.56 Å². The van der Waals surface area contributed by atoms with Gasteiger partial charge in [0.15, 0.2) is 0 Å². The predicted octanol–water partition coefficient (Wildman–Crippen LogP) is 1.30. The number of carbonyl (C=O) groups excluding carboxylic acids is 1. The molecule has 4 nitrogen and oxygen atoms in total. The number of aliphatic hydroxyl groups is 1. The summed E-state index contributed by atoms with van der Waals surface area (Å²) >= 11 is 0. The third-order valence-corrected chi connectivity index (χ3v) is 3.46. The van der Waals surface area contributed by atoms with Crippen LogP contribution in [0.5, 0.6) is 0 Å². The van der Waals surface area contributed by atoms with E-state index in [0.29, 0.717) is 17.2 Å². The summed E-state index contributed by atoms with van der Waals surface area (Å²) in [5.41, 5.74) is 0.974. The van der Waals surface area contributed by atoms with Crippen molar-refractivity contribution in [3.8, 4) is 11.8 Å². The molecular weight excluding hydrogens is 240 g/mol. The molecule has 0 spiro atoms. The van der Waals surface area contributed by atoms with E-state index in [4.69, 9.17) is 5.11 Å². The number of pyridine rings is 1. The molecule has 100 valence electrons. The van der Waals surface area contributed by atoms with Gasteiger partial charge in [-0.15, -0.1) is 0 Å². The number of amides is 1. The number of carbonyl (C=O) groups is 1. The summed E-state index contributed by atoms with van der Waals surface area (Å²) in [5, 5.41) is 8.75. The Balaban J connectivity index is 2.20. The molecule has 1 fully saturated rings. The van der Waals surface area contributed by atoms with Crippen molar-refractivity contribution in [3.63, 3.8) is 0 Å². The lowest BCUT2D eigenvalue weighted by Gasteiger charge is -2.16. The van der Waals surface area contributed by atoms with Crippen LogP contribution in [0.3, 0.4) is 0 Å². The van der Waals surface area contributed by atoms with Crippen molar-refractivity contribution >= 4 is 5.91 Å². The van der Waals surface area contributed by atoms with E-state index in [1.165, 1.54) is 0 Å². The highest BCUT2D eigenvalue weighted by Gasteiger charge is 2.27. The van der Waals surface area contributed by atoms with E-state index in [9.17, 15) is 4.79 Å². The quantitative estimate of drug-likeness (QED) is 0.813. The number of rotatable bonds is 2. The number of hydrogen-bond acceptors (Lipinski definition) is 3. The molecule has 1 aromatic rings. The van der Waals surface area contributed by atoms with E-state index in [0.717, 1.165) is 25.9 Å². The summed E-state index contributed by atoms with van der Waals surface area (Å²) in [6.07, 6.45) is 3.76. The lowest BCUT2D eigenvalue weighted by molar-refractivity contribution is 0.0781. The van der Waals surface area contributed by atoms with Gasteiger partial charge in [0.2, 0.25) is 0 Å². The summed E-state index contributed by atoms with van der Waals surface area (Å²) in [4.78, 5) is 18.4. The second kappa shape index (κ2) is 6.35. The predicted molar refractivity (Wildman–Crippen MR) is 72.5 cm³/mol. The topological polar surface area (TPSA) is 53.4 Å². The first kappa shape index (κ1) is 13.6. The smallest absolute Gasteiger partial charge is 0.273 e. The maximum absolute atomic E-state index is 12.4. The molecule has 1 aliphatic heterocycles. The maximum Gasteiger partial charge on any atom is 0.273 e. The Bertz CT molecular complexity index is 516. The zero-order chi connectivity index (χ0) is 13.7. The minimum absolute atomic E-state index is 0.0567. The van der Waals surface area contributed by atoms with E-state index >= 15 is 0 Å². The lowest BCUT2D eigenvalue weighted by atomic mass is 10.1. The average molecular weight is 258 g/mol. The van der Waals surface area contributed by atoms with Crippen LogP contribution < -0.4 is 0 Å². The molecule has 1 saturated heterocycles. The number of aliphatic hydroxyl groups excluding tert-OH is 1. The molecular formula is C15H18N2O2. The molecule has 4 heteroatoms. The summed E-state index contributed by atoms with van der Waals surface area (Å²) in [7, 11) is 0. The van der Waals surface area contributed by atoms with Gasteiger partial charge in [-0.25, -0.2) is 4.98 Å². The molecule has 2 rings (SSSR count). The van der Waals surface area contributed by atoms with Crippen LogP contribution in [-0.4, -0.2) is 40.6 Å². The SMILES string of the molecule is CCC1CCN(C(=O)c2ncccc2C#CCO)C1. The Morgan fingerprint density at radius 1 is 1.63 bits per heavy atom. The van der Waals surface area contributed by atoms with Gasteiger partial charge in [-0.3, -0.25) is 4.79 Å². The van der Waals surface area contributed by atoms with Crippen LogP contribution in [0.2, 0.25) is 0 Å². The highest BCUT2D eigenvalue weighted by atomic mass is 16.2. The Morgan fingerprint density at radius 3 is 3.16 bits per heavy atom. The van der Waals surface area contributed by atoms with Gasteiger partial charge in [0, 0.05) is 19.3 Å². The number of hydrogen-bond donors (Lipinski definition) is 1. The Morgan fingerprint density at radius 2 is 2.47 bits per heavy atom. The van der Waals surface area contributed by atoms with Gasteiger partial charge in [-0.1, -0.05) is 25.2 Å². The van der Waals surface area contributed by atoms with Gasteiger partial charge < -0.3 is 10.0 Å². The summed E-state index contributed by atoms with van der Waals surface area (Å²) in [6.45, 7) is 3.53. The molecule has 1 amide bonds. The van der Waals surface area contributed by atoms with Crippen molar-refractivity contribution in [2.24, 2.45) is 5.92 Å². The maximum atomic E-state index is 12.4. The second-order valence-corrected chi connectivity index (χ2v) is 4.67. The number of likely N-dealkylation sites (tertiary alicyclic amines) is 1. The number of nitrogens with zero attached hydrogens (tertiary/aromatic N) is 2. The molecule has 1 aromatic heterocycles. The summed E-state index contributed by atoms with van der Waals surface area (Å²) in [6, 6.07) is 3.51. The number of aromatic nitrogens is 1. The van der Waals surface area contributed by atoms with Gasteiger partial charge in [0.1, 0.15) is 12.3 Å². The third-order valence-electron chi connectivity index (χ3n) is 3.46.